The molecule has 6 heteroatoms. The second kappa shape index (κ2) is 9.04. The Morgan fingerprint density at radius 3 is 2.37 bits per heavy atom. The normalized spacial score (nSPS) is 12.4. The van der Waals surface area contributed by atoms with Gasteiger partial charge in [-0.2, -0.15) is 8.42 Å². The largest absolute Gasteiger partial charge is 0.382 e. The molecule has 1 amide bonds. The fourth-order valence-corrected chi connectivity index (χ4v) is 3.12. The Hall–Kier alpha value is -2.34. The second-order valence-electron chi connectivity index (χ2n) is 6.63. The summed E-state index contributed by atoms with van der Waals surface area (Å²) in [7, 11) is -3.58. The molecule has 0 aliphatic heterocycles. The van der Waals surface area contributed by atoms with Gasteiger partial charge >= 0.3 is 10.1 Å². The summed E-state index contributed by atoms with van der Waals surface area (Å²) in [6.45, 7) is 7.94. The van der Waals surface area contributed by atoms with Crippen LogP contribution < -0.4 is 4.18 Å². The highest BCUT2D eigenvalue weighted by Crippen LogP contribution is 2.20. The molecule has 1 atom stereocenters. The van der Waals surface area contributed by atoms with E-state index in [9.17, 15) is 13.2 Å². The molecule has 2 aromatic rings. The van der Waals surface area contributed by atoms with Crippen LogP contribution in [0, 0.1) is 6.92 Å². The number of hydrogen-bond donors (Lipinski definition) is 0. The Labute approximate surface area is 162 Å². The van der Waals surface area contributed by atoms with Gasteiger partial charge < -0.3 is 9.08 Å². The fourth-order valence-electron chi connectivity index (χ4n) is 2.61. The van der Waals surface area contributed by atoms with Crippen LogP contribution in [0.1, 0.15) is 48.7 Å². The van der Waals surface area contributed by atoms with Crippen molar-refractivity contribution in [2.24, 2.45) is 0 Å². The van der Waals surface area contributed by atoms with Crippen LogP contribution in [-0.4, -0.2) is 31.0 Å². The van der Waals surface area contributed by atoms with Gasteiger partial charge in [-0.15, -0.1) is 0 Å². The lowest BCUT2D eigenvalue weighted by atomic mass is 10.1. The summed E-state index contributed by atoms with van der Waals surface area (Å²) in [6.07, 6.45) is 0.817. The molecule has 0 spiro atoms. The van der Waals surface area contributed by atoms with E-state index in [-0.39, 0.29) is 23.5 Å². The van der Waals surface area contributed by atoms with Crippen molar-refractivity contribution < 1.29 is 17.4 Å². The lowest BCUT2D eigenvalue weighted by Crippen LogP contribution is -2.37. The van der Waals surface area contributed by atoms with Crippen LogP contribution in [0.5, 0.6) is 5.75 Å². The minimum atomic E-state index is -3.58. The molecule has 0 aliphatic carbocycles. The molecule has 2 rings (SSSR count). The molecule has 0 bridgehead atoms. The van der Waals surface area contributed by atoms with Crippen molar-refractivity contribution in [2.45, 2.75) is 46.7 Å². The van der Waals surface area contributed by atoms with E-state index in [4.69, 9.17) is 4.18 Å². The standard InChI is InChI=1S/C21H27NO4S/c1-5-17(4)22(21(23)19-12-10-16(3)11-13-19)15-18-8-7-9-20(14-18)26-27(24,25)6-2/h7-14,17H,5-6,15H2,1-4H3. The van der Waals surface area contributed by atoms with E-state index in [1.807, 2.05) is 51.1 Å². The average Bonchev–Trinajstić information content (AvgIpc) is 2.65. The molecule has 0 saturated carbocycles. The van der Waals surface area contributed by atoms with Crippen LogP contribution in [0.15, 0.2) is 48.5 Å². The number of benzene rings is 2. The van der Waals surface area contributed by atoms with Gasteiger partial charge in [0.15, 0.2) is 0 Å². The summed E-state index contributed by atoms with van der Waals surface area (Å²) in [5.41, 5.74) is 2.56. The van der Waals surface area contributed by atoms with E-state index < -0.39 is 10.1 Å². The van der Waals surface area contributed by atoms with E-state index in [0.29, 0.717) is 12.1 Å². The minimum Gasteiger partial charge on any atom is -0.382 e. The van der Waals surface area contributed by atoms with E-state index in [1.54, 1.807) is 23.1 Å². The van der Waals surface area contributed by atoms with Crippen molar-refractivity contribution in [2.75, 3.05) is 5.75 Å². The van der Waals surface area contributed by atoms with Gasteiger partial charge in [-0.25, -0.2) is 0 Å². The molecule has 1 unspecified atom stereocenters. The molecule has 146 valence electrons. The van der Waals surface area contributed by atoms with Gasteiger partial charge in [0.1, 0.15) is 5.75 Å². The predicted octanol–water partition coefficient (Wildman–Crippen LogP) is 4.16. The summed E-state index contributed by atoms with van der Waals surface area (Å²) in [5.74, 6) is 0.125. The molecule has 0 radical (unpaired) electrons. The highest BCUT2D eigenvalue weighted by Gasteiger charge is 2.21. The Balaban J connectivity index is 2.26. The monoisotopic (exact) mass is 389 g/mol. The number of carbonyl (C=O) groups excluding carboxylic acids is 1. The molecular weight excluding hydrogens is 362 g/mol. The first-order valence-electron chi connectivity index (χ1n) is 9.14. The molecule has 5 nitrogen and oxygen atoms in total. The van der Waals surface area contributed by atoms with Crippen LogP contribution in [0.3, 0.4) is 0 Å². The molecule has 0 N–H and O–H groups in total. The van der Waals surface area contributed by atoms with E-state index in [0.717, 1.165) is 17.5 Å². The van der Waals surface area contributed by atoms with Crippen LogP contribution in [0.4, 0.5) is 0 Å². The van der Waals surface area contributed by atoms with Gasteiger partial charge in [-0.05, 0) is 57.0 Å². The van der Waals surface area contributed by atoms with Gasteiger partial charge in [0.2, 0.25) is 0 Å². The number of amides is 1. The van der Waals surface area contributed by atoms with Crippen molar-refractivity contribution in [1.82, 2.24) is 4.90 Å². The smallest absolute Gasteiger partial charge is 0.308 e. The lowest BCUT2D eigenvalue weighted by molar-refractivity contribution is 0.0671. The van der Waals surface area contributed by atoms with E-state index in [1.165, 1.54) is 6.92 Å². The van der Waals surface area contributed by atoms with Crippen molar-refractivity contribution in [3.63, 3.8) is 0 Å². The fraction of sp³-hybridized carbons (Fsp3) is 0.381. The zero-order chi connectivity index (χ0) is 20.0. The van der Waals surface area contributed by atoms with Gasteiger partial charge in [-0.3, -0.25) is 4.79 Å². The number of hydrogen-bond acceptors (Lipinski definition) is 4. The van der Waals surface area contributed by atoms with Crippen LogP contribution >= 0.6 is 0 Å². The number of nitrogens with zero attached hydrogens (tertiary/aromatic N) is 1. The molecule has 2 aromatic carbocycles. The first-order chi connectivity index (χ1) is 12.8. The third-order valence-corrected chi connectivity index (χ3v) is 5.66. The molecule has 0 aromatic heterocycles. The van der Waals surface area contributed by atoms with E-state index >= 15 is 0 Å². The molecule has 0 aliphatic rings. The van der Waals surface area contributed by atoms with Gasteiger partial charge in [0.25, 0.3) is 5.91 Å². The van der Waals surface area contributed by atoms with E-state index in [2.05, 4.69) is 0 Å². The van der Waals surface area contributed by atoms with Crippen molar-refractivity contribution in [3.8, 4) is 5.75 Å². The van der Waals surface area contributed by atoms with Crippen molar-refractivity contribution in [3.05, 3.63) is 65.2 Å². The molecule has 0 heterocycles. The minimum absolute atomic E-state index is 0.0442. The third kappa shape index (κ3) is 5.82. The van der Waals surface area contributed by atoms with Crippen LogP contribution in [0.2, 0.25) is 0 Å². The Morgan fingerprint density at radius 2 is 1.78 bits per heavy atom. The number of aryl methyl sites for hydroxylation is 1. The first kappa shape index (κ1) is 21.0. The zero-order valence-electron chi connectivity index (χ0n) is 16.3. The maximum atomic E-state index is 13.0. The summed E-state index contributed by atoms with van der Waals surface area (Å²) >= 11 is 0. The Bertz CT molecular complexity index is 875. The molecular formula is C21H27NO4S. The van der Waals surface area contributed by atoms with Crippen LogP contribution in [-0.2, 0) is 16.7 Å². The summed E-state index contributed by atoms with van der Waals surface area (Å²) in [4.78, 5) is 14.8. The molecule has 0 fully saturated rings. The summed E-state index contributed by atoms with van der Waals surface area (Å²) in [6, 6.07) is 14.4. The second-order valence-corrected chi connectivity index (χ2v) is 8.49. The Kier molecular flexibility index (Phi) is 7.02. The zero-order valence-corrected chi connectivity index (χ0v) is 17.1. The quantitative estimate of drug-likeness (QED) is 0.636. The molecule has 0 saturated heterocycles. The summed E-state index contributed by atoms with van der Waals surface area (Å²) in [5, 5.41) is 0. The summed E-state index contributed by atoms with van der Waals surface area (Å²) < 4.78 is 28.5. The topological polar surface area (TPSA) is 63.7 Å². The average molecular weight is 390 g/mol. The Morgan fingerprint density at radius 1 is 1.11 bits per heavy atom. The van der Waals surface area contributed by atoms with Gasteiger partial charge in [0, 0.05) is 18.2 Å². The number of rotatable bonds is 8. The molecule has 27 heavy (non-hydrogen) atoms. The van der Waals surface area contributed by atoms with Crippen LogP contribution in [0.25, 0.3) is 0 Å². The van der Waals surface area contributed by atoms with Gasteiger partial charge in [0.05, 0.1) is 5.75 Å². The lowest BCUT2D eigenvalue weighted by Gasteiger charge is -2.29. The number of carbonyl (C=O) groups is 1. The highest BCUT2D eigenvalue weighted by molar-refractivity contribution is 7.87. The van der Waals surface area contributed by atoms with Crippen molar-refractivity contribution in [1.29, 1.82) is 0 Å². The highest BCUT2D eigenvalue weighted by atomic mass is 32.2. The maximum absolute atomic E-state index is 13.0. The van der Waals surface area contributed by atoms with Gasteiger partial charge in [-0.1, -0.05) is 36.8 Å². The SMILES string of the molecule is CCC(C)N(Cc1cccc(OS(=O)(=O)CC)c1)C(=O)c1ccc(C)cc1. The predicted molar refractivity (Wildman–Crippen MR) is 107 cm³/mol. The first-order valence-corrected chi connectivity index (χ1v) is 10.7. The maximum Gasteiger partial charge on any atom is 0.308 e. The third-order valence-electron chi connectivity index (χ3n) is 4.51. The van der Waals surface area contributed by atoms with Crippen molar-refractivity contribution >= 4 is 16.0 Å².